The van der Waals surface area contributed by atoms with Crippen LogP contribution < -0.4 is 20.1 Å². The number of benzene rings is 3. The molecule has 0 unspecified atom stereocenters. The molecule has 10 heteroatoms. The van der Waals surface area contributed by atoms with E-state index >= 15 is 0 Å². The summed E-state index contributed by atoms with van der Waals surface area (Å²) in [5.41, 5.74) is 4.07. The second-order valence-electron chi connectivity index (χ2n) is 10.6. The molecule has 0 radical (unpaired) electrons. The molecule has 3 aromatic rings. The van der Waals surface area contributed by atoms with Gasteiger partial charge in [-0.1, -0.05) is 64.1 Å². The van der Waals surface area contributed by atoms with Gasteiger partial charge in [0.2, 0.25) is 5.91 Å². The van der Waals surface area contributed by atoms with Crippen molar-refractivity contribution in [3.05, 3.63) is 88.3 Å². The summed E-state index contributed by atoms with van der Waals surface area (Å²) in [6.45, 7) is 7.64. The van der Waals surface area contributed by atoms with E-state index in [0.717, 1.165) is 33.5 Å². The minimum absolute atomic E-state index is 0.179. The number of methoxy groups -OCH3 is 1. The largest absolute Gasteiger partial charge is 0.493 e. The predicted octanol–water partition coefficient (Wildman–Crippen LogP) is 6.63. The van der Waals surface area contributed by atoms with Crippen molar-refractivity contribution >= 4 is 52.2 Å². The summed E-state index contributed by atoms with van der Waals surface area (Å²) >= 11 is 0.759. The van der Waals surface area contributed by atoms with Gasteiger partial charge in [0.05, 0.1) is 12.0 Å². The molecular weight excluding hydrogens is 566 g/mol. The molecule has 1 heterocycles. The third-order valence-electron chi connectivity index (χ3n) is 6.74. The Labute approximate surface area is 255 Å². The molecule has 0 bridgehead atoms. The molecule has 0 atom stereocenters. The van der Waals surface area contributed by atoms with Crippen LogP contribution in [0.25, 0.3) is 6.08 Å². The van der Waals surface area contributed by atoms with Gasteiger partial charge in [0.25, 0.3) is 17.1 Å². The van der Waals surface area contributed by atoms with Crippen LogP contribution in [-0.4, -0.2) is 48.1 Å². The fraction of sp³-hybridized carbons (Fsp3) is 0.273. The summed E-state index contributed by atoms with van der Waals surface area (Å²) < 4.78 is 11.2. The van der Waals surface area contributed by atoms with E-state index in [-0.39, 0.29) is 23.3 Å². The highest BCUT2D eigenvalue weighted by molar-refractivity contribution is 8.18. The Bertz CT molecular complexity index is 1550. The summed E-state index contributed by atoms with van der Waals surface area (Å²) in [7, 11) is 1.47. The lowest BCUT2D eigenvalue weighted by Crippen LogP contribution is -2.36. The number of nitrogens with one attached hydrogen (secondary N) is 2. The van der Waals surface area contributed by atoms with Crippen molar-refractivity contribution in [1.29, 1.82) is 0 Å². The van der Waals surface area contributed by atoms with Crippen LogP contribution in [0.15, 0.2) is 71.6 Å². The van der Waals surface area contributed by atoms with Gasteiger partial charge in [-0.15, -0.1) is 0 Å². The highest BCUT2D eigenvalue weighted by Gasteiger charge is 2.36. The normalized spacial score (nSPS) is 14.0. The van der Waals surface area contributed by atoms with Crippen LogP contribution >= 0.6 is 11.8 Å². The molecular formula is C33H35N3O6S. The standard InChI is InChI=1S/C33H35N3O6S/c1-20(2)23-11-13-24(14-12-23)34-30(37)18-36-32(39)29(43-33(36)40)17-22-10-15-27(28(16-22)41-5)42-19-31(38)35-26-9-7-6-8-25(26)21(3)4/h6-17,20-21H,18-19H2,1-5H3,(H,34,37)(H,35,38)/b29-17-. The maximum atomic E-state index is 13.0. The Morgan fingerprint density at radius 2 is 1.60 bits per heavy atom. The number of anilines is 2. The van der Waals surface area contributed by atoms with Gasteiger partial charge in [-0.2, -0.15) is 0 Å². The van der Waals surface area contributed by atoms with Gasteiger partial charge < -0.3 is 20.1 Å². The second kappa shape index (κ2) is 14.1. The lowest BCUT2D eigenvalue weighted by Gasteiger charge is -2.15. The minimum Gasteiger partial charge on any atom is -0.493 e. The quantitative estimate of drug-likeness (QED) is 0.237. The molecule has 1 aliphatic rings. The molecule has 0 spiro atoms. The Morgan fingerprint density at radius 1 is 0.884 bits per heavy atom. The Kier molecular flexibility index (Phi) is 10.3. The fourth-order valence-electron chi connectivity index (χ4n) is 4.42. The molecule has 1 fully saturated rings. The SMILES string of the molecule is COc1cc(/C=C2\SC(=O)N(CC(=O)Nc3ccc(C(C)C)cc3)C2=O)ccc1OCC(=O)Nc1ccccc1C(C)C. The van der Waals surface area contributed by atoms with Gasteiger partial charge in [0.1, 0.15) is 6.54 Å². The lowest BCUT2D eigenvalue weighted by atomic mass is 10.0. The van der Waals surface area contributed by atoms with Crippen LogP contribution in [0.2, 0.25) is 0 Å². The first-order chi connectivity index (χ1) is 20.5. The first-order valence-electron chi connectivity index (χ1n) is 13.9. The molecule has 3 aromatic carbocycles. The predicted molar refractivity (Wildman–Crippen MR) is 169 cm³/mol. The molecule has 224 valence electrons. The molecule has 9 nitrogen and oxygen atoms in total. The number of hydrogen-bond donors (Lipinski definition) is 2. The first-order valence-corrected chi connectivity index (χ1v) is 14.7. The van der Waals surface area contributed by atoms with E-state index in [1.807, 2.05) is 36.4 Å². The number of nitrogens with zero attached hydrogens (tertiary/aromatic N) is 1. The van der Waals surface area contributed by atoms with Gasteiger partial charge in [0, 0.05) is 11.4 Å². The number of para-hydroxylation sites is 1. The van der Waals surface area contributed by atoms with E-state index in [1.165, 1.54) is 7.11 Å². The number of hydrogen-bond acceptors (Lipinski definition) is 7. The summed E-state index contributed by atoms with van der Waals surface area (Å²) in [5, 5.41) is 5.09. The fourth-order valence-corrected chi connectivity index (χ4v) is 5.26. The van der Waals surface area contributed by atoms with E-state index in [0.29, 0.717) is 28.7 Å². The molecule has 1 aliphatic heterocycles. The van der Waals surface area contributed by atoms with Gasteiger partial charge >= 0.3 is 0 Å². The van der Waals surface area contributed by atoms with Crippen molar-refractivity contribution in [2.45, 2.75) is 39.5 Å². The van der Waals surface area contributed by atoms with E-state index < -0.39 is 23.6 Å². The van der Waals surface area contributed by atoms with Crippen molar-refractivity contribution < 1.29 is 28.7 Å². The van der Waals surface area contributed by atoms with Crippen molar-refractivity contribution in [2.75, 3.05) is 30.9 Å². The van der Waals surface area contributed by atoms with Crippen molar-refractivity contribution in [1.82, 2.24) is 4.90 Å². The van der Waals surface area contributed by atoms with Crippen molar-refractivity contribution in [2.24, 2.45) is 0 Å². The summed E-state index contributed by atoms with van der Waals surface area (Å²) in [5.74, 6) is -0.0380. The highest BCUT2D eigenvalue weighted by Crippen LogP contribution is 2.34. The number of thioether (sulfide) groups is 1. The van der Waals surface area contributed by atoms with Crippen molar-refractivity contribution in [3.63, 3.8) is 0 Å². The third-order valence-corrected chi connectivity index (χ3v) is 7.64. The number of amides is 4. The maximum absolute atomic E-state index is 13.0. The zero-order valence-corrected chi connectivity index (χ0v) is 25.6. The second-order valence-corrected chi connectivity index (χ2v) is 11.6. The van der Waals surface area contributed by atoms with Crippen LogP contribution in [0.4, 0.5) is 16.2 Å². The molecule has 1 saturated heterocycles. The number of imide groups is 1. The van der Waals surface area contributed by atoms with E-state index in [4.69, 9.17) is 9.47 Å². The molecule has 0 saturated carbocycles. The smallest absolute Gasteiger partial charge is 0.294 e. The zero-order chi connectivity index (χ0) is 31.1. The Balaban J connectivity index is 1.37. The zero-order valence-electron chi connectivity index (χ0n) is 24.8. The maximum Gasteiger partial charge on any atom is 0.294 e. The van der Waals surface area contributed by atoms with Crippen LogP contribution in [0.1, 0.15) is 56.2 Å². The molecule has 2 N–H and O–H groups in total. The molecule has 43 heavy (non-hydrogen) atoms. The van der Waals surface area contributed by atoms with Gasteiger partial charge in [-0.25, -0.2) is 0 Å². The molecule has 0 aliphatic carbocycles. The Morgan fingerprint density at radius 3 is 2.28 bits per heavy atom. The summed E-state index contributed by atoms with van der Waals surface area (Å²) in [6, 6.07) is 20.0. The molecule has 0 aromatic heterocycles. The van der Waals surface area contributed by atoms with Gasteiger partial charge in [-0.05, 0) is 76.7 Å². The van der Waals surface area contributed by atoms with E-state index in [2.05, 4.69) is 38.3 Å². The lowest BCUT2D eigenvalue weighted by molar-refractivity contribution is -0.127. The summed E-state index contributed by atoms with van der Waals surface area (Å²) in [4.78, 5) is 51.8. The van der Waals surface area contributed by atoms with Crippen LogP contribution in [-0.2, 0) is 14.4 Å². The number of carbonyl (C=O) groups is 4. The van der Waals surface area contributed by atoms with Gasteiger partial charge in [0.15, 0.2) is 18.1 Å². The molecule has 4 amide bonds. The topological polar surface area (TPSA) is 114 Å². The third kappa shape index (κ3) is 8.04. The Hall–Kier alpha value is -4.57. The van der Waals surface area contributed by atoms with Crippen molar-refractivity contribution in [3.8, 4) is 11.5 Å². The van der Waals surface area contributed by atoms with Crippen LogP contribution in [0.5, 0.6) is 11.5 Å². The van der Waals surface area contributed by atoms with Crippen LogP contribution in [0.3, 0.4) is 0 Å². The van der Waals surface area contributed by atoms with E-state index in [1.54, 1.807) is 36.4 Å². The monoisotopic (exact) mass is 601 g/mol. The average Bonchev–Trinajstić information content (AvgIpc) is 3.23. The highest BCUT2D eigenvalue weighted by atomic mass is 32.2. The van der Waals surface area contributed by atoms with Gasteiger partial charge in [-0.3, -0.25) is 24.1 Å². The van der Waals surface area contributed by atoms with Crippen LogP contribution in [0, 0.1) is 0 Å². The average molecular weight is 602 g/mol. The number of carbonyl (C=O) groups excluding carboxylic acids is 4. The minimum atomic E-state index is -0.557. The first kappa shape index (κ1) is 31.4. The number of ether oxygens (including phenoxy) is 2. The summed E-state index contributed by atoms with van der Waals surface area (Å²) in [6.07, 6.45) is 1.55. The van der Waals surface area contributed by atoms with E-state index in [9.17, 15) is 19.2 Å². The molecule has 4 rings (SSSR count). The number of rotatable bonds is 11.